The quantitative estimate of drug-likeness (QED) is 0.771. The molecule has 116 valence electrons. The highest BCUT2D eigenvalue weighted by molar-refractivity contribution is 6.31. The third kappa shape index (κ3) is 4.45. The monoisotopic (exact) mass is 309 g/mol. The molecule has 1 aromatic rings. The van der Waals surface area contributed by atoms with Crippen molar-refractivity contribution in [3.63, 3.8) is 0 Å². The summed E-state index contributed by atoms with van der Waals surface area (Å²) in [6, 6.07) is 5.53. The number of nitrogens with zero attached hydrogens (tertiary/aromatic N) is 1. The molecule has 0 bridgehead atoms. The van der Waals surface area contributed by atoms with E-state index < -0.39 is 0 Å². The van der Waals surface area contributed by atoms with Gasteiger partial charge in [-0.3, -0.25) is 4.79 Å². The highest BCUT2D eigenvalue weighted by Gasteiger charge is 2.25. The molecule has 1 amide bonds. The van der Waals surface area contributed by atoms with Crippen molar-refractivity contribution >= 4 is 17.5 Å². The molecule has 1 aromatic carbocycles. The Hall–Kier alpha value is -1.06. The molecule has 1 fully saturated rings. The number of rotatable bonds is 5. The molecule has 3 nitrogen and oxygen atoms in total. The molecular formula is C17H24ClNO2. The van der Waals surface area contributed by atoms with Crippen LogP contribution < -0.4 is 0 Å². The minimum Gasteiger partial charge on any atom is -0.385 e. The van der Waals surface area contributed by atoms with Crippen LogP contribution in [0.1, 0.15) is 41.6 Å². The zero-order valence-corrected chi connectivity index (χ0v) is 13.7. The molecule has 1 aliphatic rings. The Balaban J connectivity index is 2.00. The molecule has 21 heavy (non-hydrogen) atoms. The molecule has 1 saturated heterocycles. The molecule has 1 heterocycles. The van der Waals surface area contributed by atoms with Gasteiger partial charge in [0, 0.05) is 37.4 Å². The molecule has 1 atom stereocenters. The number of hydrogen-bond acceptors (Lipinski definition) is 2. The molecule has 0 N–H and O–H groups in total. The fourth-order valence-corrected chi connectivity index (χ4v) is 3.17. The number of likely N-dealkylation sites (tertiary alicyclic amines) is 1. The Morgan fingerprint density at radius 3 is 3.05 bits per heavy atom. The van der Waals surface area contributed by atoms with Crippen LogP contribution in [-0.2, 0) is 4.74 Å². The Kier molecular flexibility index (Phi) is 6.07. The minimum absolute atomic E-state index is 0.117. The van der Waals surface area contributed by atoms with Crippen molar-refractivity contribution in [3.05, 3.63) is 34.3 Å². The van der Waals surface area contributed by atoms with Crippen molar-refractivity contribution in [1.82, 2.24) is 4.90 Å². The molecular weight excluding hydrogens is 286 g/mol. The highest BCUT2D eigenvalue weighted by atomic mass is 35.5. The lowest BCUT2D eigenvalue weighted by atomic mass is 9.93. The Morgan fingerprint density at radius 1 is 1.48 bits per heavy atom. The number of methoxy groups -OCH3 is 1. The van der Waals surface area contributed by atoms with E-state index >= 15 is 0 Å². The molecule has 0 saturated carbocycles. The number of carbonyl (C=O) groups excluding carboxylic acids is 1. The first-order valence-corrected chi connectivity index (χ1v) is 8.04. The topological polar surface area (TPSA) is 29.5 Å². The third-order valence-electron chi connectivity index (χ3n) is 4.20. The van der Waals surface area contributed by atoms with E-state index in [-0.39, 0.29) is 5.91 Å². The van der Waals surface area contributed by atoms with Crippen molar-refractivity contribution < 1.29 is 9.53 Å². The first-order chi connectivity index (χ1) is 10.1. The number of hydrogen-bond donors (Lipinski definition) is 0. The van der Waals surface area contributed by atoms with E-state index in [0.29, 0.717) is 10.9 Å². The summed E-state index contributed by atoms with van der Waals surface area (Å²) < 4.78 is 5.11. The molecule has 4 heteroatoms. The largest absolute Gasteiger partial charge is 0.385 e. The van der Waals surface area contributed by atoms with Gasteiger partial charge in [0.15, 0.2) is 0 Å². The van der Waals surface area contributed by atoms with Gasteiger partial charge >= 0.3 is 0 Å². The van der Waals surface area contributed by atoms with E-state index in [1.54, 1.807) is 13.2 Å². The number of amides is 1. The van der Waals surface area contributed by atoms with Crippen LogP contribution in [0.2, 0.25) is 5.02 Å². The highest BCUT2D eigenvalue weighted by Crippen LogP contribution is 2.24. The smallest absolute Gasteiger partial charge is 0.254 e. The number of piperidine rings is 1. The second-order valence-electron chi connectivity index (χ2n) is 5.85. The van der Waals surface area contributed by atoms with E-state index in [1.807, 2.05) is 24.0 Å². The number of benzene rings is 1. The first kappa shape index (κ1) is 16.3. The summed E-state index contributed by atoms with van der Waals surface area (Å²) in [5, 5.41) is 0.623. The standard InChI is InChI=1S/C17H24ClNO2/c1-13-7-8-15(18)11-16(13)17(20)19-9-3-5-14(12-19)6-4-10-21-2/h7-8,11,14H,3-6,9-10,12H2,1-2H3/t14-/m0/s1. The average Bonchev–Trinajstić information content (AvgIpc) is 2.49. The summed E-state index contributed by atoms with van der Waals surface area (Å²) >= 11 is 6.03. The van der Waals surface area contributed by atoms with Crippen LogP contribution >= 0.6 is 11.6 Å². The molecule has 0 radical (unpaired) electrons. The fraction of sp³-hybridized carbons (Fsp3) is 0.588. The lowest BCUT2D eigenvalue weighted by Crippen LogP contribution is -2.40. The number of halogens is 1. The van der Waals surface area contributed by atoms with Crippen LogP contribution in [0.4, 0.5) is 0 Å². The van der Waals surface area contributed by atoms with Gasteiger partial charge in [-0.05, 0) is 56.2 Å². The molecule has 0 unspecified atom stereocenters. The number of ether oxygens (including phenoxy) is 1. The van der Waals surface area contributed by atoms with Crippen molar-refractivity contribution in [2.75, 3.05) is 26.8 Å². The van der Waals surface area contributed by atoms with Gasteiger partial charge < -0.3 is 9.64 Å². The van der Waals surface area contributed by atoms with Gasteiger partial charge in [0.05, 0.1) is 0 Å². The molecule has 1 aliphatic heterocycles. The van der Waals surface area contributed by atoms with Gasteiger partial charge in [-0.1, -0.05) is 17.7 Å². The van der Waals surface area contributed by atoms with E-state index in [1.165, 1.54) is 6.42 Å². The summed E-state index contributed by atoms with van der Waals surface area (Å²) in [7, 11) is 1.73. The number of carbonyl (C=O) groups is 1. The summed E-state index contributed by atoms with van der Waals surface area (Å²) in [5.41, 5.74) is 1.73. The molecule has 0 aromatic heterocycles. The lowest BCUT2D eigenvalue weighted by Gasteiger charge is -2.33. The molecule has 0 aliphatic carbocycles. The SMILES string of the molecule is COCCC[C@@H]1CCCN(C(=O)c2cc(Cl)ccc2C)C1. The van der Waals surface area contributed by atoms with Crippen LogP contribution in [0.25, 0.3) is 0 Å². The lowest BCUT2D eigenvalue weighted by molar-refractivity contribution is 0.0660. The van der Waals surface area contributed by atoms with E-state index in [4.69, 9.17) is 16.3 Å². The van der Waals surface area contributed by atoms with Crippen molar-refractivity contribution in [3.8, 4) is 0 Å². The van der Waals surface area contributed by atoms with Gasteiger partial charge in [0.25, 0.3) is 5.91 Å². The second kappa shape index (κ2) is 7.81. The third-order valence-corrected chi connectivity index (χ3v) is 4.43. The summed E-state index contributed by atoms with van der Waals surface area (Å²) in [4.78, 5) is 14.7. The predicted molar refractivity (Wildman–Crippen MR) is 85.9 cm³/mol. The maximum absolute atomic E-state index is 12.7. The minimum atomic E-state index is 0.117. The normalized spacial score (nSPS) is 18.8. The zero-order valence-electron chi connectivity index (χ0n) is 12.9. The summed E-state index contributed by atoms with van der Waals surface area (Å²) in [5.74, 6) is 0.712. The van der Waals surface area contributed by atoms with Crippen LogP contribution in [-0.4, -0.2) is 37.6 Å². The van der Waals surface area contributed by atoms with Crippen molar-refractivity contribution in [1.29, 1.82) is 0 Å². The van der Waals surface area contributed by atoms with E-state index in [9.17, 15) is 4.79 Å². The number of aryl methyl sites for hydroxylation is 1. The molecule has 2 rings (SSSR count). The first-order valence-electron chi connectivity index (χ1n) is 7.66. The van der Waals surface area contributed by atoms with Gasteiger partial charge in [0.1, 0.15) is 0 Å². The van der Waals surface area contributed by atoms with Crippen LogP contribution in [0.15, 0.2) is 18.2 Å². The van der Waals surface area contributed by atoms with E-state index in [0.717, 1.165) is 50.1 Å². The van der Waals surface area contributed by atoms with E-state index in [2.05, 4.69) is 0 Å². The van der Waals surface area contributed by atoms with Gasteiger partial charge in [-0.2, -0.15) is 0 Å². The van der Waals surface area contributed by atoms with Gasteiger partial charge in [-0.15, -0.1) is 0 Å². The van der Waals surface area contributed by atoms with Crippen molar-refractivity contribution in [2.45, 2.75) is 32.6 Å². The Bertz CT molecular complexity index is 490. The van der Waals surface area contributed by atoms with Gasteiger partial charge in [-0.25, -0.2) is 0 Å². The Labute approximate surface area is 132 Å². The maximum atomic E-state index is 12.7. The average molecular weight is 310 g/mol. The zero-order chi connectivity index (χ0) is 15.2. The van der Waals surface area contributed by atoms with Crippen LogP contribution in [0.5, 0.6) is 0 Å². The fourth-order valence-electron chi connectivity index (χ4n) is 3.00. The maximum Gasteiger partial charge on any atom is 0.254 e. The van der Waals surface area contributed by atoms with Crippen LogP contribution in [0, 0.1) is 12.8 Å². The van der Waals surface area contributed by atoms with Crippen LogP contribution in [0.3, 0.4) is 0 Å². The Morgan fingerprint density at radius 2 is 2.29 bits per heavy atom. The predicted octanol–water partition coefficient (Wildman–Crippen LogP) is 3.93. The molecule has 0 spiro atoms. The summed E-state index contributed by atoms with van der Waals surface area (Å²) in [6.07, 6.45) is 4.50. The van der Waals surface area contributed by atoms with Gasteiger partial charge in [0.2, 0.25) is 0 Å². The second-order valence-corrected chi connectivity index (χ2v) is 6.29. The van der Waals surface area contributed by atoms with Crippen molar-refractivity contribution in [2.24, 2.45) is 5.92 Å². The summed E-state index contributed by atoms with van der Waals surface area (Å²) in [6.45, 7) is 4.47.